The molecule has 3 nitrogen and oxygen atoms in total. The lowest BCUT2D eigenvalue weighted by Gasteiger charge is -2.03. The minimum absolute atomic E-state index is 0.282. The average Bonchev–Trinajstić information content (AvgIpc) is 2.56. The first-order valence-corrected chi connectivity index (χ1v) is 5.49. The summed E-state index contributed by atoms with van der Waals surface area (Å²) in [4.78, 5) is 11.4. The maximum Gasteiger partial charge on any atom is 0.334 e. The molecule has 0 fully saturated rings. The highest BCUT2D eigenvalue weighted by atomic mass is 16.5. The molecule has 1 N–H and O–H groups in total. The van der Waals surface area contributed by atoms with E-state index in [4.69, 9.17) is 4.74 Å². The summed E-state index contributed by atoms with van der Waals surface area (Å²) in [6.07, 6.45) is 8.39. The minimum atomic E-state index is -0.504. The van der Waals surface area contributed by atoms with E-state index >= 15 is 0 Å². The van der Waals surface area contributed by atoms with Gasteiger partial charge in [0.2, 0.25) is 0 Å². The molecule has 0 saturated heterocycles. The Balaban J connectivity index is 2.66. The van der Waals surface area contributed by atoms with Crippen LogP contribution in [0.3, 0.4) is 0 Å². The largest absolute Gasteiger partial charge is 0.458 e. The lowest BCUT2D eigenvalue weighted by Crippen LogP contribution is -2.07. The third-order valence-corrected chi connectivity index (χ3v) is 2.35. The molecule has 0 aromatic rings. The maximum atomic E-state index is 11.4. The Hall–Kier alpha value is -1.35. The van der Waals surface area contributed by atoms with Crippen molar-refractivity contribution in [3.8, 4) is 0 Å². The average molecular weight is 222 g/mol. The van der Waals surface area contributed by atoms with Gasteiger partial charge in [0.1, 0.15) is 6.61 Å². The van der Waals surface area contributed by atoms with Crippen molar-refractivity contribution in [3.05, 3.63) is 35.5 Å². The normalized spacial score (nSPS) is 18.8. The number of allylic oxidation sites excluding steroid dienone is 4. The Kier molecular flexibility index (Phi) is 4.99. The van der Waals surface area contributed by atoms with Crippen molar-refractivity contribution in [1.82, 2.24) is 0 Å². The van der Waals surface area contributed by atoms with Crippen LogP contribution in [0.25, 0.3) is 0 Å². The number of cyclic esters (lactones) is 1. The van der Waals surface area contributed by atoms with Crippen molar-refractivity contribution in [1.29, 1.82) is 0 Å². The quantitative estimate of drug-likeness (QED) is 0.572. The molecule has 1 unspecified atom stereocenters. The summed E-state index contributed by atoms with van der Waals surface area (Å²) in [6, 6.07) is 0. The summed E-state index contributed by atoms with van der Waals surface area (Å²) in [7, 11) is 0. The molecule has 0 aliphatic carbocycles. The molecule has 0 aromatic carbocycles. The van der Waals surface area contributed by atoms with Crippen LogP contribution in [0.15, 0.2) is 35.5 Å². The Morgan fingerprint density at radius 3 is 2.88 bits per heavy atom. The van der Waals surface area contributed by atoms with E-state index in [1.165, 1.54) is 0 Å². The molecule has 0 radical (unpaired) electrons. The second-order valence-corrected chi connectivity index (χ2v) is 3.87. The predicted molar refractivity (Wildman–Crippen MR) is 62.9 cm³/mol. The first kappa shape index (κ1) is 12.7. The van der Waals surface area contributed by atoms with Crippen molar-refractivity contribution in [2.75, 3.05) is 6.61 Å². The van der Waals surface area contributed by atoms with Crippen molar-refractivity contribution in [2.24, 2.45) is 0 Å². The van der Waals surface area contributed by atoms with Gasteiger partial charge < -0.3 is 9.84 Å². The summed E-state index contributed by atoms with van der Waals surface area (Å²) in [5.41, 5.74) is 1.62. The van der Waals surface area contributed by atoms with E-state index in [9.17, 15) is 9.90 Å². The highest BCUT2D eigenvalue weighted by Crippen LogP contribution is 2.23. The highest BCUT2D eigenvalue weighted by molar-refractivity contribution is 5.91. The molecule has 1 heterocycles. The Morgan fingerprint density at radius 2 is 2.25 bits per heavy atom. The van der Waals surface area contributed by atoms with Crippen LogP contribution in [-0.4, -0.2) is 23.8 Å². The van der Waals surface area contributed by atoms with Gasteiger partial charge in [0.25, 0.3) is 0 Å². The number of carbonyl (C=O) groups is 1. The zero-order valence-corrected chi connectivity index (χ0v) is 9.77. The van der Waals surface area contributed by atoms with Gasteiger partial charge in [-0.25, -0.2) is 4.79 Å². The third-order valence-electron chi connectivity index (χ3n) is 2.35. The lowest BCUT2D eigenvalue weighted by molar-refractivity contribution is -0.136. The van der Waals surface area contributed by atoms with Crippen LogP contribution in [0.5, 0.6) is 0 Å². The van der Waals surface area contributed by atoms with E-state index in [2.05, 4.69) is 0 Å². The van der Waals surface area contributed by atoms with Crippen LogP contribution < -0.4 is 0 Å². The zero-order valence-electron chi connectivity index (χ0n) is 9.77. The predicted octanol–water partition coefficient (Wildman–Crippen LogP) is 2.13. The Morgan fingerprint density at radius 1 is 1.50 bits per heavy atom. The fourth-order valence-corrected chi connectivity index (χ4v) is 1.58. The minimum Gasteiger partial charge on any atom is -0.458 e. The van der Waals surface area contributed by atoms with Crippen LogP contribution in [0.1, 0.15) is 26.7 Å². The maximum absolute atomic E-state index is 11.4. The molecule has 16 heavy (non-hydrogen) atoms. The molecule has 0 spiro atoms. The molecule has 0 aromatic heterocycles. The van der Waals surface area contributed by atoms with E-state index in [0.717, 1.165) is 5.57 Å². The van der Waals surface area contributed by atoms with Crippen LogP contribution >= 0.6 is 0 Å². The number of esters is 1. The van der Waals surface area contributed by atoms with Crippen molar-refractivity contribution in [3.63, 3.8) is 0 Å². The Bertz CT molecular complexity index is 335. The first-order valence-electron chi connectivity index (χ1n) is 5.49. The number of ether oxygens (including phenoxy) is 1. The molecule has 1 aliphatic rings. The molecule has 88 valence electrons. The van der Waals surface area contributed by atoms with Gasteiger partial charge in [-0.15, -0.1) is 0 Å². The fraction of sp³-hybridized carbons (Fsp3) is 0.462. The summed E-state index contributed by atoms with van der Waals surface area (Å²) in [6.45, 7) is 3.98. The molecular formula is C13H18O3. The van der Waals surface area contributed by atoms with E-state index in [1.807, 2.05) is 31.2 Å². The molecular weight excluding hydrogens is 204 g/mol. The SMILES string of the molecule is C/C=C/C=C/CC1=C(CC(C)O)C(=O)OC1. The van der Waals surface area contributed by atoms with E-state index in [-0.39, 0.29) is 5.97 Å². The molecule has 0 bridgehead atoms. The van der Waals surface area contributed by atoms with Gasteiger partial charge in [0.15, 0.2) is 0 Å². The van der Waals surface area contributed by atoms with Crippen molar-refractivity contribution >= 4 is 5.97 Å². The second-order valence-electron chi connectivity index (χ2n) is 3.87. The van der Waals surface area contributed by atoms with Gasteiger partial charge in [-0.3, -0.25) is 0 Å². The van der Waals surface area contributed by atoms with Gasteiger partial charge in [-0.05, 0) is 25.8 Å². The monoisotopic (exact) mass is 222 g/mol. The lowest BCUT2D eigenvalue weighted by atomic mass is 10.0. The van der Waals surface area contributed by atoms with Gasteiger partial charge >= 0.3 is 5.97 Å². The number of rotatable bonds is 5. The number of hydrogen-bond donors (Lipinski definition) is 1. The second kappa shape index (κ2) is 6.28. The van der Waals surface area contributed by atoms with Gasteiger partial charge in [-0.2, -0.15) is 0 Å². The molecule has 0 saturated carbocycles. The van der Waals surface area contributed by atoms with Crippen LogP contribution in [0.2, 0.25) is 0 Å². The topological polar surface area (TPSA) is 46.5 Å². The smallest absolute Gasteiger partial charge is 0.334 e. The van der Waals surface area contributed by atoms with Gasteiger partial charge in [0.05, 0.1) is 6.10 Å². The van der Waals surface area contributed by atoms with Crippen molar-refractivity contribution in [2.45, 2.75) is 32.8 Å². The van der Waals surface area contributed by atoms with E-state index in [1.54, 1.807) is 6.92 Å². The number of hydrogen-bond acceptors (Lipinski definition) is 3. The molecule has 1 atom stereocenters. The summed E-state index contributed by atoms with van der Waals surface area (Å²) >= 11 is 0. The number of aliphatic hydroxyl groups is 1. The summed E-state index contributed by atoms with van der Waals surface area (Å²) < 4.78 is 4.96. The van der Waals surface area contributed by atoms with Crippen LogP contribution in [0, 0.1) is 0 Å². The number of aliphatic hydroxyl groups excluding tert-OH is 1. The molecule has 1 aliphatic heterocycles. The third kappa shape index (κ3) is 3.66. The van der Waals surface area contributed by atoms with E-state index in [0.29, 0.717) is 25.0 Å². The zero-order chi connectivity index (χ0) is 12.0. The summed E-state index contributed by atoms with van der Waals surface area (Å²) in [5.74, 6) is -0.282. The van der Waals surface area contributed by atoms with Gasteiger partial charge in [0, 0.05) is 12.0 Å². The van der Waals surface area contributed by atoms with Gasteiger partial charge in [-0.1, -0.05) is 24.3 Å². The standard InChI is InChI=1S/C13H18O3/c1-3-4-5-6-7-11-9-16-13(15)12(11)8-10(2)14/h3-6,10,14H,7-9H2,1-2H3/b4-3+,6-5+. The van der Waals surface area contributed by atoms with Crippen molar-refractivity contribution < 1.29 is 14.6 Å². The molecule has 3 heteroatoms. The Labute approximate surface area is 96.1 Å². The fourth-order valence-electron chi connectivity index (χ4n) is 1.58. The number of carbonyl (C=O) groups excluding carboxylic acids is 1. The van der Waals surface area contributed by atoms with E-state index < -0.39 is 6.10 Å². The molecule has 1 rings (SSSR count). The molecule has 0 amide bonds. The summed E-state index contributed by atoms with van der Waals surface area (Å²) in [5, 5.41) is 9.29. The highest BCUT2D eigenvalue weighted by Gasteiger charge is 2.24. The first-order chi connectivity index (χ1) is 7.65. The van der Waals surface area contributed by atoms with Crippen LogP contribution in [-0.2, 0) is 9.53 Å². The van der Waals surface area contributed by atoms with Crippen LogP contribution in [0.4, 0.5) is 0 Å².